The van der Waals surface area contributed by atoms with Crippen molar-refractivity contribution >= 4 is 13.2 Å². The van der Waals surface area contributed by atoms with E-state index in [1.165, 1.54) is 4.90 Å². The molecule has 0 aliphatic carbocycles. The van der Waals surface area contributed by atoms with Crippen LogP contribution in [0.3, 0.4) is 0 Å². The maximum atomic E-state index is 11.9. The molecule has 1 fully saturated rings. The summed E-state index contributed by atoms with van der Waals surface area (Å²) in [6, 6.07) is 0. The van der Waals surface area contributed by atoms with Crippen LogP contribution >= 0.6 is 0 Å². The Labute approximate surface area is 116 Å². The minimum absolute atomic E-state index is 0.349. The minimum Gasteiger partial charge on any atom is -0.444 e. The highest BCUT2D eigenvalue weighted by Gasteiger charge is 2.51. The Morgan fingerprint density at radius 3 is 1.95 bits per heavy atom. The molecule has 1 amide bonds. The SMILES string of the molecule is CN(CB1OC(C)(C)C(C)(C)O1)C(=O)OC(C)(C)C. The average molecular weight is 271 g/mol. The first kappa shape index (κ1) is 16.3. The van der Waals surface area contributed by atoms with Gasteiger partial charge >= 0.3 is 13.2 Å². The molecule has 6 heteroatoms. The van der Waals surface area contributed by atoms with Gasteiger partial charge in [-0.3, -0.25) is 0 Å². The molecule has 1 rings (SSSR count). The summed E-state index contributed by atoms with van der Waals surface area (Å²) in [6.45, 7) is 13.5. The first-order valence-corrected chi connectivity index (χ1v) is 6.64. The predicted octanol–water partition coefficient (Wildman–Crippen LogP) is 2.48. The van der Waals surface area contributed by atoms with Crippen molar-refractivity contribution in [2.75, 3.05) is 13.5 Å². The normalized spacial score (nSPS) is 21.4. The molecule has 0 unspecified atom stereocenters. The molecule has 110 valence electrons. The highest BCUT2D eigenvalue weighted by molar-refractivity contribution is 6.46. The van der Waals surface area contributed by atoms with Crippen LogP contribution < -0.4 is 0 Å². The van der Waals surface area contributed by atoms with Crippen molar-refractivity contribution in [1.82, 2.24) is 4.90 Å². The van der Waals surface area contributed by atoms with Crippen LogP contribution in [0, 0.1) is 0 Å². The quantitative estimate of drug-likeness (QED) is 0.724. The number of hydrogen-bond donors (Lipinski definition) is 0. The molecule has 0 atom stereocenters. The lowest BCUT2D eigenvalue weighted by Gasteiger charge is -2.32. The molecule has 1 aliphatic rings. The summed E-state index contributed by atoms with van der Waals surface area (Å²) in [5.74, 6) is 0. The number of carbonyl (C=O) groups excluding carboxylic acids is 1. The minimum atomic E-state index is -0.499. The van der Waals surface area contributed by atoms with Crippen molar-refractivity contribution in [3.8, 4) is 0 Å². The number of rotatable bonds is 2. The van der Waals surface area contributed by atoms with Crippen molar-refractivity contribution in [1.29, 1.82) is 0 Å². The maximum Gasteiger partial charge on any atom is 0.478 e. The molecule has 0 spiro atoms. The molecule has 19 heavy (non-hydrogen) atoms. The summed E-state index contributed by atoms with van der Waals surface area (Å²) in [7, 11) is 1.25. The van der Waals surface area contributed by atoms with Gasteiger partial charge in [-0.2, -0.15) is 0 Å². The van der Waals surface area contributed by atoms with Crippen LogP contribution in [0.15, 0.2) is 0 Å². The van der Waals surface area contributed by atoms with Crippen LogP contribution in [0.25, 0.3) is 0 Å². The summed E-state index contributed by atoms with van der Waals surface area (Å²) in [6.07, 6.45) is -0.0240. The second-order valence-electron chi connectivity index (χ2n) is 7.05. The summed E-state index contributed by atoms with van der Waals surface area (Å²) < 4.78 is 17.0. The zero-order chi connectivity index (χ0) is 15.1. The van der Waals surface area contributed by atoms with Crippen molar-refractivity contribution in [2.24, 2.45) is 0 Å². The summed E-state index contributed by atoms with van der Waals surface area (Å²) in [4.78, 5) is 13.3. The van der Waals surface area contributed by atoms with Gasteiger partial charge in [-0.15, -0.1) is 0 Å². The average Bonchev–Trinajstić information content (AvgIpc) is 2.31. The molecule has 1 saturated heterocycles. The maximum absolute atomic E-state index is 11.9. The molecule has 1 heterocycles. The van der Waals surface area contributed by atoms with E-state index in [-0.39, 0.29) is 17.3 Å². The van der Waals surface area contributed by atoms with E-state index in [0.29, 0.717) is 6.44 Å². The van der Waals surface area contributed by atoms with Gasteiger partial charge in [-0.1, -0.05) is 0 Å². The van der Waals surface area contributed by atoms with Crippen LogP contribution in [0.5, 0.6) is 0 Å². The van der Waals surface area contributed by atoms with E-state index in [1.54, 1.807) is 7.05 Å². The molecular formula is C13H26BNO4. The fourth-order valence-electron chi connectivity index (χ4n) is 1.68. The Hall–Kier alpha value is -0.745. The third-order valence-electron chi connectivity index (χ3n) is 3.43. The predicted molar refractivity (Wildman–Crippen MR) is 74.9 cm³/mol. The lowest BCUT2D eigenvalue weighted by molar-refractivity contribution is 0.00578. The van der Waals surface area contributed by atoms with Crippen LogP contribution in [0.2, 0.25) is 0 Å². The summed E-state index contributed by atoms with van der Waals surface area (Å²) in [5.41, 5.74) is -1.26. The van der Waals surface area contributed by atoms with E-state index in [9.17, 15) is 4.79 Å². The van der Waals surface area contributed by atoms with E-state index in [2.05, 4.69) is 0 Å². The fourth-order valence-corrected chi connectivity index (χ4v) is 1.68. The van der Waals surface area contributed by atoms with Gasteiger partial charge in [0.2, 0.25) is 0 Å². The Morgan fingerprint density at radius 2 is 1.58 bits per heavy atom. The molecule has 0 saturated carbocycles. The molecule has 0 aromatic rings. The molecule has 1 aliphatic heterocycles. The van der Waals surface area contributed by atoms with Crippen molar-refractivity contribution in [3.05, 3.63) is 0 Å². The topological polar surface area (TPSA) is 48.0 Å². The van der Waals surface area contributed by atoms with Gasteiger partial charge in [0.05, 0.1) is 17.6 Å². The Balaban J connectivity index is 2.56. The van der Waals surface area contributed by atoms with Gasteiger partial charge in [0.1, 0.15) is 5.60 Å². The van der Waals surface area contributed by atoms with Gasteiger partial charge in [-0.05, 0) is 48.5 Å². The highest BCUT2D eigenvalue weighted by atomic mass is 16.7. The second-order valence-corrected chi connectivity index (χ2v) is 7.05. The number of hydrogen-bond acceptors (Lipinski definition) is 4. The van der Waals surface area contributed by atoms with Crippen molar-refractivity contribution in [3.63, 3.8) is 0 Å². The van der Waals surface area contributed by atoms with Gasteiger partial charge in [-0.25, -0.2) is 4.79 Å². The first-order chi connectivity index (χ1) is 8.34. The van der Waals surface area contributed by atoms with Crippen LogP contribution in [-0.2, 0) is 14.0 Å². The van der Waals surface area contributed by atoms with E-state index in [1.807, 2.05) is 48.5 Å². The smallest absolute Gasteiger partial charge is 0.444 e. The number of nitrogens with zero attached hydrogens (tertiary/aromatic N) is 1. The Kier molecular flexibility index (Phi) is 4.28. The molecule has 0 aromatic carbocycles. The van der Waals surface area contributed by atoms with Crippen LogP contribution in [-0.4, -0.2) is 48.4 Å². The van der Waals surface area contributed by atoms with Gasteiger partial charge in [0, 0.05) is 7.05 Å². The zero-order valence-corrected chi connectivity index (χ0v) is 13.4. The Bertz CT molecular complexity index is 333. The lowest BCUT2D eigenvalue weighted by atomic mass is 9.90. The van der Waals surface area contributed by atoms with Gasteiger partial charge in [0.25, 0.3) is 0 Å². The zero-order valence-electron chi connectivity index (χ0n) is 13.4. The Morgan fingerprint density at radius 1 is 1.16 bits per heavy atom. The van der Waals surface area contributed by atoms with E-state index in [0.717, 1.165) is 0 Å². The standard InChI is InChI=1S/C13H26BNO4/c1-11(2,3)17-10(16)15(8)9-14-18-12(4,5)13(6,7)19-14/h9H2,1-8H3. The lowest BCUT2D eigenvalue weighted by Crippen LogP contribution is -2.41. The molecule has 0 aromatic heterocycles. The van der Waals surface area contributed by atoms with Crippen LogP contribution in [0.4, 0.5) is 4.79 Å². The van der Waals surface area contributed by atoms with E-state index < -0.39 is 12.7 Å². The molecule has 0 N–H and O–H groups in total. The second kappa shape index (κ2) is 4.98. The van der Waals surface area contributed by atoms with E-state index >= 15 is 0 Å². The third-order valence-corrected chi connectivity index (χ3v) is 3.43. The molecule has 0 radical (unpaired) electrons. The largest absolute Gasteiger partial charge is 0.478 e. The van der Waals surface area contributed by atoms with Crippen molar-refractivity contribution < 1.29 is 18.8 Å². The summed E-state index contributed by atoms with van der Waals surface area (Å²) in [5, 5.41) is 0. The first-order valence-electron chi connectivity index (χ1n) is 6.64. The van der Waals surface area contributed by atoms with Gasteiger partial charge < -0.3 is 18.9 Å². The molecule has 0 bridgehead atoms. The summed E-state index contributed by atoms with van der Waals surface area (Å²) >= 11 is 0. The number of amides is 1. The number of ether oxygens (including phenoxy) is 1. The van der Waals surface area contributed by atoms with Crippen molar-refractivity contribution in [2.45, 2.75) is 65.3 Å². The number of carbonyl (C=O) groups is 1. The monoisotopic (exact) mass is 271 g/mol. The fraction of sp³-hybridized carbons (Fsp3) is 0.923. The van der Waals surface area contributed by atoms with E-state index in [4.69, 9.17) is 14.0 Å². The molecule has 5 nitrogen and oxygen atoms in total. The van der Waals surface area contributed by atoms with Crippen LogP contribution in [0.1, 0.15) is 48.5 Å². The third kappa shape index (κ3) is 4.11. The highest BCUT2D eigenvalue weighted by Crippen LogP contribution is 2.36. The molecular weight excluding hydrogens is 245 g/mol. The van der Waals surface area contributed by atoms with Gasteiger partial charge in [0.15, 0.2) is 0 Å².